The van der Waals surface area contributed by atoms with Crippen LogP contribution in [0.25, 0.3) is 4.96 Å². The molecule has 0 aliphatic carbocycles. The van der Waals surface area contributed by atoms with Gasteiger partial charge in [0.2, 0.25) is 10.1 Å². The summed E-state index contributed by atoms with van der Waals surface area (Å²) in [6.07, 6.45) is 6.93. The van der Waals surface area contributed by atoms with E-state index < -0.39 is 5.56 Å². The molecule has 1 aliphatic heterocycles. The number of carbonyl (C=O) groups excluding carboxylic acids is 1. The molecule has 0 atom stereocenters. The van der Waals surface area contributed by atoms with E-state index in [-0.39, 0.29) is 11.5 Å². The van der Waals surface area contributed by atoms with Gasteiger partial charge in [0.05, 0.1) is 0 Å². The number of nitrogens with one attached hydrogen (secondary N) is 1. The van der Waals surface area contributed by atoms with Crippen LogP contribution in [0.5, 0.6) is 0 Å². The number of anilines is 1. The summed E-state index contributed by atoms with van der Waals surface area (Å²) in [6, 6.07) is 0. The smallest absolute Gasteiger partial charge is 0.288 e. The predicted octanol–water partition coefficient (Wildman–Crippen LogP) is 1.67. The molecule has 3 rings (SSSR count). The molecule has 8 heteroatoms. The summed E-state index contributed by atoms with van der Waals surface area (Å²) in [5.41, 5.74) is -0.357. The van der Waals surface area contributed by atoms with E-state index in [4.69, 9.17) is 0 Å². The molecule has 0 aromatic carbocycles. The zero-order chi connectivity index (χ0) is 16.2. The molecule has 0 unspecified atom stereocenters. The van der Waals surface area contributed by atoms with Crippen molar-refractivity contribution in [3.8, 4) is 0 Å². The molecule has 0 spiro atoms. The zero-order valence-electron chi connectivity index (χ0n) is 13.2. The van der Waals surface area contributed by atoms with Gasteiger partial charge in [-0.3, -0.25) is 9.59 Å². The normalized spacial score (nSPS) is 15.6. The van der Waals surface area contributed by atoms with E-state index in [1.165, 1.54) is 34.9 Å². The molecular formula is C15H21N5O2S. The van der Waals surface area contributed by atoms with Crippen molar-refractivity contribution in [2.24, 2.45) is 0 Å². The maximum atomic E-state index is 12.5. The van der Waals surface area contributed by atoms with E-state index in [0.29, 0.717) is 11.5 Å². The first-order valence-electron chi connectivity index (χ1n) is 8.12. The van der Waals surface area contributed by atoms with Crippen LogP contribution in [0.1, 0.15) is 49.4 Å². The van der Waals surface area contributed by atoms with Gasteiger partial charge in [0, 0.05) is 25.8 Å². The van der Waals surface area contributed by atoms with Crippen LogP contribution in [0, 0.1) is 0 Å². The molecule has 7 nitrogen and oxygen atoms in total. The van der Waals surface area contributed by atoms with Crippen LogP contribution < -0.4 is 15.8 Å². The van der Waals surface area contributed by atoms with Gasteiger partial charge in [0.1, 0.15) is 5.56 Å². The van der Waals surface area contributed by atoms with Crippen LogP contribution in [0.15, 0.2) is 11.0 Å². The molecular weight excluding hydrogens is 314 g/mol. The fraction of sp³-hybridized carbons (Fsp3) is 0.600. The predicted molar refractivity (Wildman–Crippen MR) is 90.4 cm³/mol. The topological polar surface area (TPSA) is 79.6 Å². The molecule has 1 N–H and O–H groups in total. The highest BCUT2D eigenvalue weighted by Crippen LogP contribution is 2.24. The lowest BCUT2D eigenvalue weighted by atomic mass is 10.2. The van der Waals surface area contributed by atoms with Crippen molar-refractivity contribution in [3.63, 3.8) is 0 Å². The molecule has 2 aromatic rings. The molecule has 1 amide bonds. The summed E-state index contributed by atoms with van der Waals surface area (Å²) in [4.78, 5) is 31.5. The van der Waals surface area contributed by atoms with Crippen LogP contribution in [0.2, 0.25) is 0 Å². The Morgan fingerprint density at radius 2 is 2.04 bits per heavy atom. The maximum absolute atomic E-state index is 12.5. The molecule has 124 valence electrons. The first-order chi connectivity index (χ1) is 11.2. The van der Waals surface area contributed by atoms with Crippen molar-refractivity contribution in [1.29, 1.82) is 0 Å². The van der Waals surface area contributed by atoms with Gasteiger partial charge in [-0.15, -0.1) is 5.10 Å². The lowest BCUT2D eigenvalue weighted by Gasteiger charge is -2.17. The number of hydrogen-bond acceptors (Lipinski definition) is 6. The molecule has 0 bridgehead atoms. The number of aromatic nitrogens is 3. The van der Waals surface area contributed by atoms with Crippen LogP contribution in [-0.2, 0) is 0 Å². The number of fused-ring (bicyclic) bond motifs is 1. The van der Waals surface area contributed by atoms with Gasteiger partial charge in [-0.25, -0.2) is 4.98 Å². The molecule has 1 saturated heterocycles. The highest BCUT2D eigenvalue weighted by molar-refractivity contribution is 7.20. The molecule has 0 saturated carbocycles. The van der Waals surface area contributed by atoms with Gasteiger partial charge >= 0.3 is 0 Å². The van der Waals surface area contributed by atoms with Crippen molar-refractivity contribution in [2.75, 3.05) is 24.5 Å². The second-order valence-corrected chi connectivity index (χ2v) is 6.65. The fourth-order valence-corrected chi connectivity index (χ4v) is 3.57. The number of hydrogen-bond donors (Lipinski definition) is 1. The van der Waals surface area contributed by atoms with E-state index in [1.54, 1.807) is 0 Å². The van der Waals surface area contributed by atoms with Gasteiger partial charge in [-0.1, -0.05) is 31.1 Å². The average Bonchev–Trinajstić information content (AvgIpc) is 2.81. The summed E-state index contributed by atoms with van der Waals surface area (Å²) >= 11 is 1.40. The quantitative estimate of drug-likeness (QED) is 0.919. The molecule has 1 fully saturated rings. The van der Waals surface area contributed by atoms with Gasteiger partial charge in [0.25, 0.3) is 11.5 Å². The highest BCUT2D eigenvalue weighted by atomic mass is 32.1. The molecule has 1 aliphatic rings. The van der Waals surface area contributed by atoms with Crippen molar-refractivity contribution in [2.45, 2.75) is 39.0 Å². The molecule has 23 heavy (non-hydrogen) atoms. The number of nitrogens with zero attached hydrogens (tertiary/aromatic N) is 4. The SMILES string of the molecule is CCCNC(=O)c1cnc2sc(N3CCCCCC3)nn2c1=O. The van der Waals surface area contributed by atoms with Gasteiger partial charge in [-0.2, -0.15) is 4.52 Å². The number of amides is 1. The minimum absolute atomic E-state index is 0.0451. The Kier molecular flexibility index (Phi) is 4.90. The Hall–Kier alpha value is -1.96. The lowest BCUT2D eigenvalue weighted by molar-refractivity contribution is 0.0951. The van der Waals surface area contributed by atoms with Crippen molar-refractivity contribution >= 4 is 27.3 Å². The first-order valence-corrected chi connectivity index (χ1v) is 8.94. The summed E-state index contributed by atoms with van der Waals surface area (Å²) in [7, 11) is 0. The van der Waals surface area contributed by atoms with Gasteiger partial charge in [0.15, 0.2) is 0 Å². The molecule has 0 radical (unpaired) electrons. The van der Waals surface area contributed by atoms with Crippen molar-refractivity contribution in [3.05, 3.63) is 22.1 Å². The second kappa shape index (κ2) is 7.08. The summed E-state index contributed by atoms with van der Waals surface area (Å²) in [6.45, 7) is 4.41. The van der Waals surface area contributed by atoms with E-state index in [2.05, 4.69) is 20.3 Å². The third-order valence-electron chi connectivity index (χ3n) is 3.93. The van der Waals surface area contributed by atoms with Crippen LogP contribution in [0.3, 0.4) is 0 Å². The lowest BCUT2D eigenvalue weighted by Crippen LogP contribution is -2.32. The van der Waals surface area contributed by atoms with E-state index in [9.17, 15) is 9.59 Å². The van der Waals surface area contributed by atoms with E-state index >= 15 is 0 Å². The Labute approximate surface area is 138 Å². The summed E-state index contributed by atoms with van der Waals surface area (Å²) in [5, 5.41) is 7.92. The Morgan fingerprint density at radius 1 is 1.30 bits per heavy atom. The molecule has 3 heterocycles. The number of carbonyl (C=O) groups is 1. The fourth-order valence-electron chi connectivity index (χ4n) is 2.66. The van der Waals surface area contributed by atoms with Gasteiger partial charge in [-0.05, 0) is 19.3 Å². The Balaban J connectivity index is 1.92. The van der Waals surface area contributed by atoms with Crippen LogP contribution in [0.4, 0.5) is 5.13 Å². The van der Waals surface area contributed by atoms with E-state index in [0.717, 1.165) is 37.5 Å². The van der Waals surface area contributed by atoms with Crippen LogP contribution in [-0.4, -0.2) is 40.1 Å². The maximum Gasteiger partial charge on any atom is 0.288 e. The number of rotatable bonds is 4. The Bertz CT molecular complexity index is 746. The minimum Gasteiger partial charge on any atom is -0.352 e. The van der Waals surface area contributed by atoms with Crippen molar-refractivity contribution < 1.29 is 4.79 Å². The van der Waals surface area contributed by atoms with E-state index in [1.807, 2.05) is 6.92 Å². The summed E-state index contributed by atoms with van der Waals surface area (Å²) < 4.78 is 1.26. The molecule has 2 aromatic heterocycles. The van der Waals surface area contributed by atoms with Crippen LogP contribution >= 0.6 is 11.3 Å². The minimum atomic E-state index is -0.402. The standard InChI is InChI=1S/C15H21N5O2S/c1-2-7-16-12(21)11-10-17-14-20(13(11)22)18-15(23-14)19-8-5-3-4-6-9-19/h10H,2-9H2,1H3,(H,16,21). The van der Waals surface area contributed by atoms with Gasteiger partial charge < -0.3 is 10.2 Å². The van der Waals surface area contributed by atoms with Crippen molar-refractivity contribution in [1.82, 2.24) is 19.9 Å². The largest absolute Gasteiger partial charge is 0.352 e. The highest BCUT2D eigenvalue weighted by Gasteiger charge is 2.19. The summed E-state index contributed by atoms with van der Waals surface area (Å²) in [5.74, 6) is -0.386. The third-order valence-corrected chi connectivity index (χ3v) is 4.92. The average molecular weight is 335 g/mol. The monoisotopic (exact) mass is 335 g/mol. The zero-order valence-corrected chi connectivity index (χ0v) is 14.1. The second-order valence-electron chi connectivity index (χ2n) is 5.71. The first kappa shape index (κ1) is 15.9. The third kappa shape index (κ3) is 3.36. The Morgan fingerprint density at radius 3 is 2.74 bits per heavy atom.